The maximum absolute atomic E-state index is 11.8. The molecule has 0 saturated carbocycles. The molecule has 2 aromatic carbocycles. The van der Waals surface area contributed by atoms with Crippen LogP contribution in [0.3, 0.4) is 0 Å². The van der Waals surface area contributed by atoms with Crippen molar-refractivity contribution in [3.05, 3.63) is 57.6 Å². The number of sulfone groups is 1. The van der Waals surface area contributed by atoms with Crippen molar-refractivity contribution < 1.29 is 18.3 Å². The zero-order chi connectivity index (χ0) is 22.9. The summed E-state index contributed by atoms with van der Waals surface area (Å²) in [6.07, 6.45) is 2.69. The molecule has 1 aliphatic carbocycles. The smallest absolute Gasteiger partial charge is 0.175 e. The Bertz CT molecular complexity index is 1060. The number of hydrogen-bond acceptors (Lipinski definition) is 6. The second-order valence-electron chi connectivity index (χ2n) is 8.46. The van der Waals surface area contributed by atoms with E-state index in [1.807, 2.05) is 6.07 Å². The SMILES string of the molecule is CS(=O)(=O)c1ccc(O[C@H]2c3cc(Cl)cc(Cl)c3C[C@@H]2N2CCCN(CCO)CC2)cc1. The highest BCUT2D eigenvalue weighted by atomic mass is 35.5. The highest BCUT2D eigenvalue weighted by Crippen LogP contribution is 2.43. The van der Waals surface area contributed by atoms with Gasteiger partial charge in [0.25, 0.3) is 0 Å². The van der Waals surface area contributed by atoms with Gasteiger partial charge < -0.3 is 9.84 Å². The molecule has 0 radical (unpaired) electrons. The lowest BCUT2D eigenvalue weighted by Crippen LogP contribution is -2.42. The molecule has 1 saturated heterocycles. The van der Waals surface area contributed by atoms with Gasteiger partial charge in [0.05, 0.1) is 17.5 Å². The van der Waals surface area contributed by atoms with Gasteiger partial charge in [-0.15, -0.1) is 0 Å². The largest absolute Gasteiger partial charge is 0.484 e. The van der Waals surface area contributed by atoms with Crippen LogP contribution in [-0.2, 0) is 16.3 Å². The van der Waals surface area contributed by atoms with Gasteiger partial charge in [0.2, 0.25) is 0 Å². The van der Waals surface area contributed by atoms with Crippen LogP contribution < -0.4 is 4.74 Å². The Balaban J connectivity index is 1.62. The zero-order valence-corrected chi connectivity index (χ0v) is 20.3. The number of ether oxygens (including phenoxy) is 1. The van der Waals surface area contributed by atoms with Crippen molar-refractivity contribution in [3.63, 3.8) is 0 Å². The Labute approximate surface area is 199 Å². The molecule has 9 heteroatoms. The molecule has 4 rings (SSSR count). The van der Waals surface area contributed by atoms with Crippen LogP contribution in [0.1, 0.15) is 23.7 Å². The van der Waals surface area contributed by atoms with E-state index in [4.69, 9.17) is 27.9 Å². The van der Waals surface area contributed by atoms with Crippen LogP contribution in [0.25, 0.3) is 0 Å². The Hall–Kier alpha value is -1.35. The van der Waals surface area contributed by atoms with Gasteiger partial charge in [0.1, 0.15) is 11.9 Å². The number of benzene rings is 2. The minimum Gasteiger partial charge on any atom is -0.484 e. The third-order valence-electron chi connectivity index (χ3n) is 6.29. The Kier molecular flexibility index (Phi) is 7.34. The maximum atomic E-state index is 11.8. The predicted octanol–water partition coefficient (Wildman–Crippen LogP) is 3.44. The summed E-state index contributed by atoms with van der Waals surface area (Å²) in [5, 5.41) is 10.5. The van der Waals surface area contributed by atoms with Gasteiger partial charge in [0.15, 0.2) is 9.84 Å². The number of halogens is 2. The van der Waals surface area contributed by atoms with Crippen LogP contribution in [0.5, 0.6) is 5.75 Å². The van der Waals surface area contributed by atoms with Gasteiger partial charge in [0, 0.05) is 41.5 Å². The number of β-amino-alcohol motifs (C(OH)–C–C–N with tert-alkyl or cyclic N) is 1. The standard InChI is InChI=1S/C23H28Cl2N2O4S/c1-32(29,30)18-5-3-17(4-6-18)31-23-20-13-16(24)14-21(25)19(20)15-22(23)27-8-2-7-26(9-10-27)11-12-28/h3-6,13-14,22-23,28H,2,7-12,15H2,1H3/t22-,23-/m0/s1. The van der Waals surface area contributed by atoms with E-state index in [0.717, 1.165) is 50.1 Å². The summed E-state index contributed by atoms with van der Waals surface area (Å²) in [5.41, 5.74) is 2.03. The summed E-state index contributed by atoms with van der Waals surface area (Å²) < 4.78 is 30.0. The average molecular weight is 499 g/mol. The first-order valence-electron chi connectivity index (χ1n) is 10.8. The Morgan fingerprint density at radius 3 is 2.53 bits per heavy atom. The first-order valence-corrected chi connectivity index (χ1v) is 13.4. The van der Waals surface area contributed by atoms with Gasteiger partial charge in [-0.05, 0) is 67.9 Å². The molecule has 0 aromatic heterocycles. The molecule has 2 aliphatic rings. The first-order chi connectivity index (χ1) is 15.3. The fourth-order valence-corrected chi connectivity index (χ4v) is 5.90. The molecule has 0 amide bonds. The van der Waals surface area contributed by atoms with Crippen LogP contribution in [0, 0.1) is 0 Å². The highest BCUT2D eigenvalue weighted by molar-refractivity contribution is 7.90. The van der Waals surface area contributed by atoms with Gasteiger partial charge in [-0.25, -0.2) is 8.42 Å². The van der Waals surface area contributed by atoms with Crippen molar-refractivity contribution in [3.8, 4) is 5.75 Å². The van der Waals surface area contributed by atoms with Gasteiger partial charge >= 0.3 is 0 Å². The Morgan fingerprint density at radius 2 is 1.84 bits per heavy atom. The normalized spacial score (nSPS) is 22.5. The van der Waals surface area contributed by atoms with Crippen LogP contribution in [0.4, 0.5) is 0 Å². The van der Waals surface area contributed by atoms with E-state index in [9.17, 15) is 13.5 Å². The fraction of sp³-hybridized carbons (Fsp3) is 0.478. The molecule has 6 nitrogen and oxygen atoms in total. The third kappa shape index (κ3) is 5.24. The van der Waals surface area contributed by atoms with Crippen molar-refractivity contribution in [2.45, 2.75) is 29.9 Å². The van der Waals surface area contributed by atoms with E-state index in [0.29, 0.717) is 22.3 Å². The monoisotopic (exact) mass is 498 g/mol. The number of aliphatic hydroxyl groups is 1. The van der Waals surface area contributed by atoms with E-state index in [1.165, 1.54) is 6.26 Å². The highest BCUT2D eigenvalue weighted by Gasteiger charge is 2.40. The zero-order valence-electron chi connectivity index (χ0n) is 18.0. The molecule has 1 heterocycles. The van der Waals surface area contributed by atoms with E-state index in [1.54, 1.807) is 30.3 Å². The maximum Gasteiger partial charge on any atom is 0.175 e. The molecule has 2 aromatic rings. The molecule has 0 bridgehead atoms. The van der Waals surface area contributed by atoms with Crippen molar-refractivity contribution in [2.24, 2.45) is 0 Å². The van der Waals surface area contributed by atoms with Crippen LogP contribution in [0.2, 0.25) is 10.0 Å². The van der Waals surface area contributed by atoms with Gasteiger partial charge in [-0.3, -0.25) is 9.80 Å². The quantitative estimate of drug-likeness (QED) is 0.657. The fourth-order valence-electron chi connectivity index (χ4n) is 4.68. The molecule has 1 fully saturated rings. The lowest BCUT2D eigenvalue weighted by Gasteiger charge is -2.32. The predicted molar refractivity (Wildman–Crippen MR) is 127 cm³/mol. The van der Waals surface area contributed by atoms with Crippen molar-refractivity contribution in [1.29, 1.82) is 0 Å². The van der Waals surface area contributed by atoms with Crippen molar-refractivity contribution in [2.75, 3.05) is 45.6 Å². The first kappa shape index (κ1) is 23.8. The number of rotatable bonds is 6. The minimum atomic E-state index is -3.27. The second kappa shape index (κ2) is 9.87. The third-order valence-corrected chi connectivity index (χ3v) is 7.97. The number of nitrogens with zero attached hydrogens (tertiary/aromatic N) is 2. The van der Waals surface area contributed by atoms with Crippen molar-refractivity contribution >= 4 is 33.0 Å². The Morgan fingerprint density at radius 1 is 1.09 bits per heavy atom. The van der Waals surface area contributed by atoms with Crippen LogP contribution >= 0.6 is 23.2 Å². The summed E-state index contributed by atoms with van der Waals surface area (Å²) in [6.45, 7) is 4.50. The van der Waals surface area contributed by atoms with Gasteiger partial charge in [-0.1, -0.05) is 23.2 Å². The number of hydrogen-bond donors (Lipinski definition) is 1. The molecule has 0 unspecified atom stereocenters. The topological polar surface area (TPSA) is 70.1 Å². The molecule has 1 N–H and O–H groups in total. The number of fused-ring (bicyclic) bond motifs is 1. The molecule has 32 heavy (non-hydrogen) atoms. The molecular weight excluding hydrogens is 471 g/mol. The summed E-state index contributed by atoms with van der Waals surface area (Å²) >= 11 is 12.9. The lowest BCUT2D eigenvalue weighted by molar-refractivity contribution is 0.0793. The molecular formula is C23H28Cl2N2O4S. The van der Waals surface area contributed by atoms with E-state index in [2.05, 4.69) is 9.80 Å². The van der Waals surface area contributed by atoms with Crippen molar-refractivity contribution in [1.82, 2.24) is 9.80 Å². The molecule has 2 atom stereocenters. The molecule has 174 valence electrons. The summed E-state index contributed by atoms with van der Waals surface area (Å²) in [4.78, 5) is 4.99. The van der Waals surface area contributed by atoms with E-state index >= 15 is 0 Å². The van der Waals surface area contributed by atoms with Gasteiger partial charge in [-0.2, -0.15) is 0 Å². The number of aliphatic hydroxyl groups excluding tert-OH is 1. The van der Waals surface area contributed by atoms with Crippen LogP contribution in [0.15, 0.2) is 41.3 Å². The average Bonchev–Trinajstić information content (AvgIpc) is 2.92. The van der Waals surface area contributed by atoms with Crippen LogP contribution in [-0.4, -0.2) is 75.0 Å². The van der Waals surface area contributed by atoms with E-state index in [-0.39, 0.29) is 23.6 Å². The molecule has 0 spiro atoms. The second-order valence-corrected chi connectivity index (χ2v) is 11.3. The van der Waals surface area contributed by atoms with E-state index < -0.39 is 9.84 Å². The summed E-state index contributed by atoms with van der Waals surface area (Å²) in [5.74, 6) is 0.605. The summed E-state index contributed by atoms with van der Waals surface area (Å²) in [6, 6.07) is 10.3. The molecule has 1 aliphatic heterocycles. The summed E-state index contributed by atoms with van der Waals surface area (Å²) in [7, 11) is -3.27. The lowest BCUT2D eigenvalue weighted by atomic mass is 10.1. The minimum absolute atomic E-state index is 0.0876.